The highest BCUT2D eigenvalue weighted by Gasteiger charge is 2.30. The average molecular weight is 485 g/mol. The van der Waals surface area contributed by atoms with Crippen LogP contribution < -0.4 is 5.32 Å². The van der Waals surface area contributed by atoms with E-state index in [9.17, 15) is 10.1 Å². The van der Waals surface area contributed by atoms with Crippen LogP contribution in [0.2, 0.25) is 0 Å². The van der Waals surface area contributed by atoms with Crippen molar-refractivity contribution in [2.45, 2.75) is 44.9 Å². The molecule has 4 rings (SSSR count). The Balaban J connectivity index is 1.67. The van der Waals surface area contributed by atoms with E-state index in [0.717, 1.165) is 33.5 Å². The maximum absolute atomic E-state index is 12.6. The van der Waals surface area contributed by atoms with E-state index >= 15 is 0 Å². The van der Waals surface area contributed by atoms with E-state index in [1.807, 2.05) is 79.9 Å². The minimum atomic E-state index is -0.912. The number of carbonyl (C=O) groups is 1. The summed E-state index contributed by atoms with van der Waals surface area (Å²) in [5.41, 5.74) is 2.80. The number of nitriles is 1. The number of carbonyl (C=O) groups excluding carboxylic acids is 1. The number of amides is 1. The zero-order chi connectivity index (χ0) is 25.0. The van der Waals surface area contributed by atoms with E-state index in [0.29, 0.717) is 11.7 Å². The molecule has 35 heavy (non-hydrogen) atoms. The summed E-state index contributed by atoms with van der Waals surface area (Å²) in [5.74, 6) is 0.663. The first-order valence-corrected chi connectivity index (χ1v) is 12.6. The molecule has 0 saturated carbocycles. The number of hydrogen-bond acceptors (Lipinski definition) is 6. The Morgan fingerprint density at radius 3 is 2.54 bits per heavy atom. The van der Waals surface area contributed by atoms with Gasteiger partial charge in [-0.25, -0.2) is 4.98 Å². The maximum Gasteiger partial charge on any atom is 0.231 e. The monoisotopic (exact) mass is 484 g/mol. The van der Waals surface area contributed by atoms with Crippen LogP contribution in [0.5, 0.6) is 0 Å². The second-order valence-electron chi connectivity index (χ2n) is 8.79. The first-order valence-electron chi connectivity index (χ1n) is 11.6. The maximum atomic E-state index is 12.6. The van der Waals surface area contributed by atoms with Gasteiger partial charge in [0.1, 0.15) is 5.54 Å². The van der Waals surface area contributed by atoms with E-state index < -0.39 is 5.54 Å². The lowest BCUT2D eigenvalue weighted by molar-refractivity contribution is -0.120. The van der Waals surface area contributed by atoms with E-state index in [1.54, 1.807) is 6.92 Å². The van der Waals surface area contributed by atoms with Crippen LogP contribution in [-0.2, 0) is 11.3 Å². The van der Waals surface area contributed by atoms with E-state index in [1.165, 1.54) is 11.8 Å². The third-order valence-electron chi connectivity index (χ3n) is 6.18. The number of rotatable bonds is 8. The molecule has 1 atom stereocenters. The minimum Gasteiger partial charge on any atom is -0.337 e. The van der Waals surface area contributed by atoms with E-state index in [4.69, 9.17) is 4.98 Å². The van der Waals surface area contributed by atoms with Crippen molar-refractivity contribution in [1.29, 1.82) is 5.26 Å². The average Bonchev–Trinajstić information content (AvgIpc) is 3.29. The predicted octanol–water partition coefficient (Wildman–Crippen LogP) is 5.33. The third kappa shape index (κ3) is 5.05. The van der Waals surface area contributed by atoms with Gasteiger partial charge in [-0.05, 0) is 31.9 Å². The molecule has 0 aliphatic rings. The van der Waals surface area contributed by atoms with Gasteiger partial charge in [-0.1, -0.05) is 74.1 Å². The molecule has 8 heteroatoms. The molecule has 1 N–H and O–H groups in total. The van der Waals surface area contributed by atoms with Crippen LogP contribution in [-0.4, -0.2) is 36.9 Å². The summed E-state index contributed by atoms with van der Waals surface area (Å²) in [5, 5.41) is 22.9. The summed E-state index contributed by atoms with van der Waals surface area (Å²) in [6.45, 7) is 8.25. The summed E-state index contributed by atoms with van der Waals surface area (Å²) >= 11 is 1.32. The van der Waals surface area contributed by atoms with Crippen LogP contribution in [0.1, 0.15) is 27.7 Å². The Labute approximate surface area is 209 Å². The first-order chi connectivity index (χ1) is 16.9. The molecule has 0 spiro atoms. The smallest absolute Gasteiger partial charge is 0.231 e. The number of thioether (sulfide) groups is 1. The highest BCUT2D eigenvalue weighted by Crippen LogP contribution is 2.33. The molecule has 2 heterocycles. The number of nitrogens with zero attached hydrogens (tertiary/aromatic N) is 5. The summed E-state index contributed by atoms with van der Waals surface area (Å²) in [7, 11) is 0. The summed E-state index contributed by atoms with van der Waals surface area (Å²) in [6, 6.07) is 22.3. The Bertz CT molecular complexity index is 1390. The highest BCUT2D eigenvalue weighted by molar-refractivity contribution is 7.99. The van der Waals surface area contributed by atoms with Crippen molar-refractivity contribution in [3.05, 3.63) is 60.7 Å². The molecule has 0 fully saturated rings. The van der Waals surface area contributed by atoms with Gasteiger partial charge in [-0.2, -0.15) is 5.26 Å². The van der Waals surface area contributed by atoms with Gasteiger partial charge in [-0.15, -0.1) is 10.2 Å². The van der Waals surface area contributed by atoms with Crippen molar-refractivity contribution < 1.29 is 4.79 Å². The molecular formula is C27H28N6OS. The van der Waals surface area contributed by atoms with Crippen LogP contribution in [0.25, 0.3) is 33.5 Å². The van der Waals surface area contributed by atoms with Crippen molar-refractivity contribution >= 4 is 28.6 Å². The Morgan fingerprint density at radius 2 is 1.86 bits per heavy atom. The summed E-state index contributed by atoms with van der Waals surface area (Å²) < 4.78 is 2.01. The Morgan fingerprint density at radius 1 is 1.14 bits per heavy atom. The Kier molecular flexibility index (Phi) is 7.17. The zero-order valence-corrected chi connectivity index (χ0v) is 21.1. The molecule has 2 aromatic carbocycles. The SMILES string of the molecule is CCn1c(SCC(=O)NC(C)(C#N)C(C)C)nnc1-c1cc(-c2ccccc2)nc2ccccc12. The standard InChI is InChI=1S/C27H28N6OS/c1-5-33-25(31-32-26(33)35-16-24(34)30-27(4,17-28)18(2)3)21-15-23(19-11-7-6-8-12-19)29-22-14-10-9-13-20(21)22/h6-15,18H,5,16H2,1-4H3,(H,30,34). The Hall–Kier alpha value is -3.70. The van der Waals surface area contributed by atoms with Crippen molar-refractivity contribution in [1.82, 2.24) is 25.1 Å². The number of fused-ring (bicyclic) bond motifs is 1. The van der Waals surface area contributed by atoms with Crippen LogP contribution in [0.3, 0.4) is 0 Å². The second-order valence-corrected chi connectivity index (χ2v) is 9.74. The fourth-order valence-electron chi connectivity index (χ4n) is 3.75. The molecule has 0 saturated heterocycles. The van der Waals surface area contributed by atoms with Crippen LogP contribution in [0.4, 0.5) is 0 Å². The lowest BCUT2D eigenvalue weighted by atomic mass is 9.90. The number of para-hydroxylation sites is 1. The molecular weight excluding hydrogens is 456 g/mol. The predicted molar refractivity (Wildman–Crippen MR) is 140 cm³/mol. The fourth-order valence-corrected chi connectivity index (χ4v) is 4.56. The van der Waals surface area contributed by atoms with Gasteiger partial charge >= 0.3 is 0 Å². The van der Waals surface area contributed by atoms with Gasteiger partial charge in [0.05, 0.1) is 23.0 Å². The second kappa shape index (κ2) is 10.3. The summed E-state index contributed by atoms with van der Waals surface area (Å²) in [4.78, 5) is 17.5. The number of nitrogens with one attached hydrogen (secondary N) is 1. The van der Waals surface area contributed by atoms with Crippen molar-refractivity contribution in [3.63, 3.8) is 0 Å². The largest absolute Gasteiger partial charge is 0.337 e. The van der Waals surface area contributed by atoms with Crippen molar-refractivity contribution in [2.75, 3.05) is 5.75 Å². The molecule has 1 amide bonds. The molecule has 4 aromatic rings. The van der Waals surface area contributed by atoms with Gasteiger partial charge in [0.25, 0.3) is 0 Å². The van der Waals surface area contributed by atoms with Crippen LogP contribution >= 0.6 is 11.8 Å². The third-order valence-corrected chi connectivity index (χ3v) is 7.14. The molecule has 178 valence electrons. The van der Waals surface area contributed by atoms with Crippen LogP contribution in [0.15, 0.2) is 65.8 Å². The molecule has 0 bridgehead atoms. The highest BCUT2D eigenvalue weighted by atomic mass is 32.2. The quantitative estimate of drug-likeness (QED) is 0.340. The molecule has 0 aliphatic carbocycles. The van der Waals surface area contributed by atoms with Crippen molar-refractivity contribution in [3.8, 4) is 28.7 Å². The normalized spacial score (nSPS) is 12.9. The number of aromatic nitrogens is 4. The topological polar surface area (TPSA) is 96.5 Å². The molecule has 2 aromatic heterocycles. The zero-order valence-electron chi connectivity index (χ0n) is 20.3. The molecule has 7 nitrogen and oxygen atoms in total. The first kappa shape index (κ1) is 24.4. The molecule has 1 unspecified atom stereocenters. The number of hydrogen-bond donors (Lipinski definition) is 1. The minimum absolute atomic E-state index is 0.00821. The van der Waals surface area contributed by atoms with E-state index in [-0.39, 0.29) is 17.6 Å². The van der Waals surface area contributed by atoms with Crippen LogP contribution in [0, 0.1) is 17.2 Å². The van der Waals surface area contributed by atoms with Crippen molar-refractivity contribution in [2.24, 2.45) is 5.92 Å². The lowest BCUT2D eigenvalue weighted by Crippen LogP contribution is -2.49. The number of pyridine rings is 1. The number of benzene rings is 2. The van der Waals surface area contributed by atoms with E-state index in [2.05, 4.69) is 27.6 Å². The van der Waals surface area contributed by atoms with Gasteiger partial charge in [0.2, 0.25) is 5.91 Å². The van der Waals surface area contributed by atoms with Gasteiger partial charge < -0.3 is 9.88 Å². The summed E-state index contributed by atoms with van der Waals surface area (Å²) in [6.07, 6.45) is 0. The van der Waals surface area contributed by atoms with Gasteiger partial charge in [0.15, 0.2) is 11.0 Å². The van der Waals surface area contributed by atoms with Gasteiger partial charge in [0, 0.05) is 23.1 Å². The fraction of sp³-hybridized carbons (Fsp3) is 0.296. The molecule has 0 aliphatic heterocycles. The molecule has 0 radical (unpaired) electrons. The lowest BCUT2D eigenvalue weighted by Gasteiger charge is -2.27. The van der Waals surface area contributed by atoms with Gasteiger partial charge in [-0.3, -0.25) is 4.79 Å².